The van der Waals surface area contributed by atoms with E-state index in [0.717, 1.165) is 118 Å². The van der Waals surface area contributed by atoms with Crippen molar-refractivity contribution >= 4 is 23.4 Å². The number of nitrogens with zero attached hydrogens (tertiary/aromatic N) is 2. The standard InChI is InChI=1S/2C31H36N2O5/c2*1-17-14-18(2)23(24(34)15-17)16-33-12-11-22-26(30(33)35)19(3)28-29(27(22)25-6-5-13-36-25)38-31(4,37-28)20-7-9-21(32)10-8-20/h2*5-6,13-14,20-21H,7-12,15-16,32H2,1-4H3/t2*20?,21?,31-/m10/s1. The lowest BCUT2D eigenvalue weighted by Crippen LogP contribution is -2.46. The zero-order valence-corrected chi connectivity index (χ0v) is 45.4. The summed E-state index contributed by atoms with van der Waals surface area (Å²) in [6, 6.07) is 7.96. The van der Waals surface area contributed by atoms with Gasteiger partial charge in [-0.1, -0.05) is 23.3 Å². The van der Waals surface area contributed by atoms with E-state index in [1.54, 1.807) is 22.3 Å². The number of rotatable bonds is 8. The highest BCUT2D eigenvalue weighted by Crippen LogP contribution is 2.57. The van der Waals surface area contributed by atoms with Crippen molar-refractivity contribution in [1.29, 1.82) is 0 Å². The predicted octanol–water partition coefficient (Wildman–Crippen LogP) is 11.0. The summed E-state index contributed by atoms with van der Waals surface area (Å²) in [5.74, 6) is 2.66. The first kappa shape index (κ1) is 51.5. The lowest BCUT2D eigenvalue weighted by molar-refractivity contribution is -0.121. The number of nitrogens with two attached hydrogens (primary N) is 2. The number of fused-ring (bicyclic) bond motifs is 4. The molecule has 4 aromatic rings. The first-order valence-electron chi connectivity index (χ1n) is 27.4. The summed E-state index contributed by atoms with van der Waals surface area (Å²) in [6.45, 7) is 17.4. The summed E-state index contributed by atoms with van der Waals surface area (Å²) < 4.78 is 38.4. The second-order valence-corrected chi connectivity index (χ2v) is 23.1. The van der Waals surface area contributed by atoms with Crippen LogP contribution in [0.15, 0.2) is 91.2 Å². The molecule has 2 aromatic carbocycles. The quantitative estimate of drug-likeness (QED) is 0.170. The van der Waals surface area contributed by atoms with Crippen LogP contribution in [-0.2, 0) is 22.4 Å². The second kappa shape index (κ2) is 19.7. The summed E-state index contributed by atoms with van der Waals surface area (Å²) in [4.78, 5) is 57.3. The Morgan fingerprint density at radius 2 is 0.895 bits per heavy atom. The lowest BCUT2D eigenvalue weighted by atomic mass is 9.81. The van der Waals surface area contributed by atoms with Crippen molar-refractivity contribution in [3.63, 3.8) is 0 Å². The van der Waals surface area contributed by atoms with Crippen molar-refractivity contribution in [3.8, 4) is 45.6 Å². The molecule has 2 fully saturated rings. The van der Waals surface area contributed by atoms with Gasteiger partial charge in [0.1, 0.15) is 11.5 Å². The van der Waals surface area contributed by atoms with E-state index in [1.165, 1.54) is 0 Å². The van der Waals surface area contributed by atoms with Crippen molar-refractivity contribution in [1.82, 2.24) is 9.80 Å². The maximum Gasteiger partial charge on any atom is 0.254 e. The zero-order valence-electron chi connectivity index (χ0n) is 45.4. The van der Waals surface area contributed by atoms with Gasteiger partial charge in [-0.05, 0) is 152 Å². The Kier molecular flexibility index (Phi) is 13.4. The van der Waals surface area contributed by atoms with Crippen molar-refractivity contribution in [3.05, 3.63) is 116 Å². The number of hydrogen-bond donors (Lipinski definition) is 2. The van der Waals surface area contributed by atoms with Crippen LogP contribution >= 0.6 is 0 Å². The molecule has 2 saturated carbocycles. The molecule has 14 heteroatoms. The summed E-state index contributed by atoms with van der Waals surface area (Å²) >= 11 is 0. The molecule has 4 aliphatic carbocycles. The fourth-order valence-corrected chi connectivity index (χ4v) is 13.4. The smallest absolute Gasteiger partial charge is 0.254 e. The van der Waals surface area contributed by atoms with Crippen LogP contribution < -0.4 is 30.4 Å². The van der Waals surface area contributed by atoms with E-state index in [0.29, 0.717) is 97.5 Å². The van der Waals surface area contributed by atoms with E-state index in [9.17, 15) is 19.2 Å². The molecule has 2 amide bonds. The minimum atomic E-state index is -0.831. The van der Waals surface area contributed by atoms with E-state index in [2.05, 4.69) is 12.2 Å². The van der Waals surface area contributed by atoms with Crippen LogP contribution in [0.1, 0.15) is 149 Å². The summed E-state index contributed by atoms with van der Waals surface area (Å²) in [6.07, 6.45) is 17.0. The topological polar surface area (TPSA) is 190 Å². The average Bonchev–Trinajstić information content (AvgIpc) is 4.22. The Labute approximate surface area is 445 Å². The van der Waals surface area contributed by atoms with Crippen molar-refractivity contribution in [2.45, 2.75) is 156 Å². The number of allylic oxidation sites excluding steroid dienone is 6. The molecule has 4 aliphatic heterocycles. The fraction of sp³-hybridized carbons (Fsp3) is 0.484. The molecule has 12 rings (SSSR count). The number of ether oxygens (including phenoxy) is 4. The molecule has 0 radical (unpaired) electrons. The maximum atomic E-state index is 14.0. The molecule has 6 heterocycles. The SMILES string of the molecule is CC1=CC(C)=C(CN2CCc3c(c(C)c4c(c3-c3ccco3)O[C@@](C)(C3CCC(N)CC3)O4)C2=O)C(=O)C1.CC1=CC(C)=C(CN2CCc3c(c(C)c4c(c3-c3ccco3)O[C@](C)(C3CCC(N)CC3)O4)C2=O)C(=O)C1. The summed E-state index contributed by atoms with van der Waals surface area (Å²) in [5, 5.41) is 0. The number of carbonyl (C=O) groups is 4. The number of Topliss-reactive ketones (excluding diaryl/α,β-unsaturated/α-hetero) is 2. The van der Waals surface area contributed by atoms with Gasteiger partial charge >= 0.3 is 0 Å². The highest BCUT2D eigenvalue weighted by atomic mass is 16.7. The van der Waals surface area contributed by atoms with Crippen LogP contribution in [0.3, 0.4) is 0 Å². The molecule has 0 unspecified atom stereocenters. The molecule has 0 bridgehead atoms. The molecule has 76 heavy (non-hydrogen) atoms. The second-order valence-electron chi connectivity index (χ2n) is 23.1. The Morgan fingerprint density at radius 1 is 0.526 bits per heavy atom. The van der Waals surface area contributed by atoms with Crippen LogP contribution in [0.4, 0.5) is 0 Å². The molecule has 2 aromatic heterocycles. The minimum Gasteiger partial charge on any atom is -0.464 e. The Bertz CT molecular complexity index is 2970. The van der Waals surface area contributed by atoms with Crippen molar-refractivity contribution in [2.75, 3.05) is 26.2 Å². The number of hydrogen-bond acceptors (Lipinski definition) is 12. The van der Waals surface area contributed by atoms with Crippen LogP contribution in [0, 0.1) is 25.7 Å². The van der Waals surface area contributed by atoms with E-state index in [-0.39, 0.29) is 47.3 Å². The monoisotopic (exact) mass is 1030 g/mol. The zero-order chi connectivity index (χ0) is 53.5. The van der Waals surface area contributed by atoms with Crippen molar-refractivity contribution in [2.24, 2.45) is 23.3 Å². The van der Waals surface area contributed by atoms with Gasteiger partial charge in [0.2, 0.25) is 0 Å². The van der Waals surface area contributed by atoms with Crippen LogP contribution in [0.25, 0.3) is 22.6 Å². The van der Waals surface area contributed by atoms with Crippen LogP contribution in [0.2, 0.25) is 0 Å². The molecule has 0 saturated heterocycles. The number of amides is 2. The molecule has 4 N–H and O–H groups in total. The summed E-state index contributed by atoms with van der Waals surface area (Å²) in [5.41, 5.74) is 24.1. The normalized spacial score (nSPS) is 27.1. The minimum absolute atomic E-state index is 0.0837. The summed E-state index contributed by atoms with van der Waals surface area (Å²) in [7, 11) is 0. The predicted molar refractivity (Wildman–Crippen MR) is 288 cm³/mol. The van der Waals surface area contributed by atoms with E-state index in [1.807, 2.05) is 79.7 Å². The molecule has 14 nitrogen and oxygen atoms in total. The highest BCUT2D eigenvalue weighted by Gasteiger charge is 2.51. The van der Waals surface area contributed by atoms with Gasteiger partial charge in [-0.15, -0.1) is 0 Å². The number of ketones is 2. The van der Waals surface area contributed by atoms with Gasteiger partial charge in [-0.3, -0.25) is 19.2 Å². The van der Waals surface area contributed by atoms with E-state index < -0.39 is 11.6 Å². The highest BCUT2D eigenvalue weighted by molar-refractivity contribution is 6.06. The third-order valence-corrected chi connectivity index (χ3v) is 17.7. The molecular formula is C62H72N4O10. The number of furan rings is 2. The average molecular weight is 1030 g/mol. The molecule has 8 aliphatic rings. The van der Waals surface area contributed by atoms with Crippen LogP contribution in [0.5, 0.6) is 23.0 Å². The van der Waals surface area contributed by atoms with Gasteiger partial charge < -0.3 is 49.0 Å². The van der Waals surface area contributed by atoms with Gasteiger partial charge in [0, 0.05) is 99.1 Å². The van der Waals surface area contributed by atoms with Gasteiger partial charge in [-0.2, -0.15) is 0 Å². The third kappa shape index (κ3) is 9.02. The molecule has 400 valence electrons. The number of carbonyl (C=O) groups excluding carboxylic acids is 4. The van der Waals surface area contributed by atoms with Gasteiger partial charge in [0.25, 0.3) is 23.4 Å². The van der Waals surface area contributed by atoms with Gasteiger partial charge in [-0.25, -0.2) is 0 Å². The first-order chi connectivity index (χ1) is 36.3. The Hall–Kier alpha value is -6.64. The fourth-order valence-electron chi connectivity index (χ4n) is 13.4. The third-order valence-electron chi connectivity index (χ3n) is 17.7. The van der Waals surface area contributed by atoms with E-state index in [4.69, 9.17) is 39.2 Å². The van der Waals surface area contributed by atoms with Crippen LogP contribution in [-0.4, -0.2) is 83.0 Å². The van der Waals surface area contributed by atoms with Gasteiger partial charge in [0.15, 0.2) is 34.6 Å². The largest absolute Gasteiger partial charge is 0.464 e. The Morgan fingerprint density at radius 3 is 1.24 bits per heavy atom. The van der Waals surface area contributed by atoms with Gasteiger partial charge in [0.05, 0.1) is 34.8 Å². The molecule has 2 atom stereocenters. The lowest BCUT2D eigenvalue weighted by Gasteiger charge is -2.36. The maximum absolute atomic E-state index is 14.0. The number of benzene rings is 2. The van der Waals surface area contributed by atoms with E-state index >= 15 is 0 Å². The first-order valence-corrected chi connectivity index (χ1v) is 27.4. The van der Waals surface area contributed by atoms with Crippen molar-refractivity contribution < 1.29 is 47.0 Å². The molecular weight excluding hydrogens is 961 g/mol. The molecule has 0 spiro atoms. The Balaban J connectivity index is 0.000000162.